The van der Waals surface area contributed by atoms with Crippen molar-refractivity contribution in [1.82, 2.24) is 9.78 Å². The van der Waals surface area contributed by atoms with Gasteiger partial charge in [-0.3, -0.25) is 9.89 Å². The van der Waals surface area contributed by atoms with E-state index in [1.165, 1.54) is 5.56 Å². The third-order valence-electron chi connectivity index (χ3n) is 3.22. The topological polar surface area (TPSA) is 37.8 Å². The van der Waals surface area contributed by atoms with Crippen LogP contribution in [0.2, 0.25) is 0 Å². The summed E-state index contributed by atoms with van der Waals surface area (Å²) in [6.45, 7) is 6.20. The van der Waals surface area contributed by atoms with Crippen LogP contribution in [-0.4, -0.2) is 9.78 Å². The van der Waals surface area contributed by atoms with Crippen molar-refractivity contribution in [3.63, 3.8) is 0 Å². The predicted molar refractivity (Wildman–Crippen MR) is 74.5 cm³/mol. The zero-order chi connectivity index (χ0) is 13.1. The molecule has 2 rings (SSSR count). The molecule has 0 unspecified atom stereocenters. The third-order valence-corrected chi connectivity index (χ3v) is 3.22. The van der Waals surface area contributed by atoms with Gasteiger partial charge in [-0.2, -0.15) is 0 Å². The van der Waals surface area contributed by atoms with Crippen LogP contribution < -0.4 is 5.56 Å². The lowest BCUT2D eigenvalue weighted by Gasteiger charge is -2.02. The molecule has 0 radical (unpaired) electrons. The minimum atomic E-state index is 0.0878. The summed E-state index contributed by atoms with van der Waals surface area (Å²) in [5, 5.41) is 3.24. The first-order valence-electron chi connectivity index (χ1n) is 6.57. The minimum Gasteiger partial charge on any atom is -0.295 e. The molecule has 0 amide bonds. The zero-order valence-corrected chi connectivity index (χ0v) is 11.3. The van der Waals surface area contributed by atoms with E-state index in [1.807, 2.05) is 38.1 Å². The van der Waals surface area contributed by atoms with Crippen LogP contribution in [0.1, 0.15) is 37.1 Å². The highest BCUT2D eigenvalue weighted by molar-refractivity contribution is 5.35. The van der Waals surface area contributed by atoms with Gasteiger partial charge in [0.15, 0.2) is 0 Å². The van der Waals surface area contributed by atoms with E-state index in [2.05, 4.69) is 12.0 Å². The van der Waals surface area contributed by atoms with Crippen LogP contribution in [0.4, 0.5) is 0 Å². The quantitative estimate of drug-likeness (QED) is 0.882. The zero-order valence-electron chi connectivity index (χ0n) is 11.3. The van der Waals surface area contributed by atoms with Crippen LogP contribution in [0.5, 0.6) is 0 Å². The molecular weight excluding hydrogens is 224 g/mol. The van der Waals surface area contributed by atoms with Gasteiger partial charge in [0.1, 0.15) is 0 Å². The molecule has 3 nitrogen and oxygen atoms in total. The molecule has 0 fully saturated rings. The van der Waals surface area contributed by atoms with Gasteiger partial charge in [-0.05, 0) is 31.9 Å². The van der Waals surface area contributed by atoms with Gasteiger partial charge >= 0.3 is 0 Å². The molecule has 0 saturated carbocycles. The van der Waals surface area contributed by atoms with Crippen molar-refractivity contribution in [1.29, 1.82) is 0 Å². The molecule has 3 heteroatoms. The monoisotopic (exact) mass is 244 g/mol. The second kappa shape index (κ2) is 5.25. The summed E-state index contributed by atoms with van der Waals surface area (Å²) in [6, 6.07) is 7.99. The van der Waals surface area contributed by atoms with Gasteiger partial charge in [-0.25, -0.2) is 4.68 Å². The highest BCUT2D eigenvalue weighted by atomic mass is 16.1. The third kappa shape index (κ3) is 2.26. The summed E-state index contributed by atoms with van der Waals surface area (Å²) in [4.78, 5) is 12.3. The number of aryl methyl sites for hydroxylation is 2. The van der Waals surface area contributed by atoms with Gasteiger partial charge in [0.05, 0.1) is 5.69 Å². The highest BCUT2D eigenvalue weighted by Crippen LogP contribution is 2.11. The maximum absolute atomic E-state index is 12.3. The fraction of sp³-hybridized carbons (Fsp3) is 0.400. The summed E-state index contributed by atoms with van der Waals surface area (Å²) in [6.07, 6.45) is 2.75. The predicted octanol–water partition coefficient (Wildman–Crippen LogP) is 2.99. The van der Waals surface area contributed by atoms with Gasteiger partial charge in [-0.1, -0.05) is 38.0 Å². The van der Waals surface area contributed by atoms with E-state index in [0.717, 1.165) is 36.2 Å². The first-order valence-corrected chi connectivity index (χ1v) is 6.57. The summed E-state index contributed by atoms with van der Waals surface area (Å²) >= 11 is 0. The van der Waals surface area contributed by atoms with Crippen molar-refractivity contribution in [2.24, 2.45) is 0 Å². The van der Waals surface area contributed by atoms with Crippen molar-refractivity contribution in [2.45, 2.75) is 40.0 Å². The smallest absolute Gasteiger partial charge is 0.274 e. The van der Waals surface area contributed by atoms with Gasteiger partial charge in [0.25, 0.3) is 5.56 Å². The van der Waals surface area contributed by atoms with Gasteiger partial charge < -0.3 is 0 Å². The van der Waals surface area contributed by atoms with Crippen LogP contribution in [0, 0.1) is 6.92 Å². The van der Waals surface area contributed by atoms with Gasteiger partial charge in [-0.15, -0.1) is 0 Å². The fourth-order valence-corrected chi connectivity index (χ4v) is 2.21. The van der Waals surface area contributed by atoms with Crippen LogP contribution >= 0.6 is 0 Å². The fourth-order valence-electron chi connectivity index (χ4n) is 2.21. The number of aromatic nitrogens is 2. The molecule has 0 aliphatic heterocycles. The lowest BCUT2D eigenvalue weighted by atomic mass is 10.1. The summed E-state index contributed by atoms with van der Waals surface area (Å²) in [5.41, 5.74) is 4.18. The SMILES string of the molecule is CCCc1[nH]n(-c2ccc(C)cc2)c(=O)c1CC. The number of hydrogen-bond acceptors (Lipinski definition) is 1. The molecule has 1 aromatic heterocycles. The van der Waals surface area contributed by atoms with Crippen LogP contribution in [-0.2, 0) is 12.8 Å². The molecule has 0 aliphatic rings. The second-order valence-electron chi connectivity index (χ2n) is 4.65. The second-order valence-corrected chi connectivity index (χ2v) is 4.65. The highest BCUT2D eigenvalue weighted by Gasteiger charge is 2.12. The number of nitrogens with zero attached hydrogens (tertiary/aromatic N) is 1. The Bertz CT molecular complexity index is 576. The molecule has 0 spiro atoms. The number of hydrogen-bond donors (Lipinski definition) is 1. The van der Waals surface area contributed by atoms with Crippen LogP contribution in [0.3, 0.4) is 0 Å². The Morgan fingerprint density at radius 2 is 1.83 bits per heavy atom. The largest absolute Gasteiger partial charge is 0.295 e. The van der Waals surface area contributed by atoms with E-state index in [4.69, 9.17) is 0 Å². The van der Waals surface area contributed by atoms with Gasteiger partial charge in [0.2, 0.25) is 0 Å². The Labute approximate surface area is 107 Å². The van der Waals surface area contributed by atoms with Crippen molar-refractivity contribution >= 4 is 0 Å². The van der Waals surface area contributed by atoms with E-state index >= 15 is 0 Å². The molecular formula is C15H20N2O. The van der Waals surface area contributed by atoms with Crippen LogP contribution in [0.15, 0.2) is 29.1 Å². The van der Waals surface area contributed by atoms with E-state index < -0.39 is 0 Å². The molecule has 0 saturated heterocycles. The Morgan fingerprint density at radius 3 is 2.39 bits per heavy atom. The Morgan fingerprint density at radius 1 is 1.17 bits per heavy atom. The van der Waals surface area contributed by atoms with E-state index in [1.54, 1.807) is 4.68 Å². The first kappa shape index (κ1) is 12.7. The van der Waals surface area contributed by atoms with Crippen molar-refractivity contribution in [2.75, 3.05) is 0 Å². The molecule has 96 valence electrons. The minimum absolute atomic E-state index is 0.0878. The van der Waals surface area contributed by atoms with E-state index in [0.29, 0.717) is 0 Å². The van der Waals surface area contributed by atoms with E-state index in [-0.39, 0.29) is 5.56 Å². The normalized spacial score (nSPS) is 10.8. The Balaban J connectivity index is 2.51. The molecule has 2 aromatic rings. The molecule has 1 aromatic carbocycles. The number of benzene rings is 1. The molecule has 1 heterocycles. The maximum Gasteiger partial charge on any atom is 0.274 e. The average Bonchev–Trinajstić information content (AvgIpc) is 2.67. The first-order chi connectivity index (χ1) is 8.67. The Hall–Kier alpha value is -1.77. The van der Waals surface area contributed by atoms with Crippen molar-refractivity contribution < 1.29 is 0 Å². The van der Waals surface area contributed by atoms with E-state index in [9.17, 15) is 4.79 Å². The van der Waals surface area contributed by atoms with Crippen LogP contribution in [0.25, 0.3) is 5.69 Å². The molecule has 18 heavy (non-hydrogen) atoms. The number of nitrogens with one attached hydrogen (secondary N) is 1. The molecule has 0 bridgehead atoms. The molecule has 1 N–H and O–H groups in total. The Kier molecular flexibility index (Phi) is 3.70. The maximum atomic E-state index is 12.3. The summed E-state index contributed by atoms with van der Waals surface area (Å²) < 4.78 is 1.66. The molecule has 0 atom stereocenters. The standard InChI is InChI=1S/C15H20N2O/c1-4-6-14-13(5-2)15(18)17(16-14)12-9-7-11(3)8-10-12/h7-10,16H,4-6H2,1-3H3. The molecule has 0 aliphatic carbocycles. The lowest BCUT2D eigenvalue weighted by Crippen LogP contribution is -2.16. The number of rotatable bonds is 4. The lowest BCUT2D eigenvalue weighted by molar-refractivity contribution is 0.792. The average molecular weight is 244 g/mol. The number of aromatic amines is 1. The number of H-pyrrole nitrogens is 1. The summed E-state index contributed by atoms with van der Waals surface area (Å²) in [5.74, 6) is 0. The van der Waals surface area contributed by atoms with Gasteiger partial charge in [0, 0.05) is 11.3 Å². The van der Waals surface area contributed by atoms with Crippen molar-refractivity contribution in [3.05, 3.63) is 51.4 Å². The summed E-state index contributed by atoms with van der Waals surface area (Å²) in [7, 11) is 0. The van der Waals surface area contributed by atoms with Crippen molar-refractivity contribution in [3.8, 4) is 5.69 Å².